The van der Waals surface area contributed by atoms with Gasteiger partial charge in [0.1, 0.15) is 17.1 Å². The molecule has 0 spiro atoms. The van der Waals surface area contributed by atoms with Crippen LogP contribution < -0.4 is 5.73 Å². The van der Waals surface area contributed by atoms with Crippen molar-refractivity contribution in [2.45, 2.75) is 18.9 Å². The smallest absolute Gasteiger partial charge is 0.293 e. The number of rotatable bonds is 2. The van der Waals surface area contributed by atoms with Gasteiger partial charge in [-0.2, -0.15) is 0 Å². The molecule has 1 heterocycles. The van der Waals surface area contributed by atoms with E-state index in [4.69, 9.17) is 5.73 Å². The van der Waals surface area contributed by atoms with Crippen molar-refractivity contribution in [2.75, 3.05) is 18.8 Å². The first-order chi connectivity index (χ1) is 9.23. The number of nitrogen functional groups attached to an aromatic ring is 1. The number of nitrogens with two attached hydrogens (primary N) is 1. The zero-order valence-corrected chi connectivity index (χ0v) is 10.8. The lowest BCUT2D eigenvalue weighted by molar-refractivity contribution is -0.384. The van der Waals surface area contributed by atoms with Gasteiger partial charge in [-0.1, -0.05) is 0 Å². The van der Waals surface area contributed by atoms with E-state index in [2.05, 4.69) is 0 Å². The molecule has 1 saturated heterocycles. The van der Waals surface area contributed by atoms with Gasteiger partial charge in [-0.25, -0.2) is 4.39 Å². The number of halogens is 1. The number of likely N-dealkylation sites (tertiary alicyclic amines) is 1. The van der Waals surface area contributed by atoms with E-state index >= 15 is 0 Å². The van der Waals surface area contributed by atoms with Crippen LogP contribution >= 0.6 is 0 Å². The van der Waals surface area contributed by atoms with E-state index in [9.17, 15) is 24.4 Å². The molecule has 2 rings (SSSR count). The van der Waals surface area contributed by atoms with Gasteiger partial charge >= 0.3 is 0 Å². The molecule has 8 heteroatoms. The van der Waals surface area contributed by atoms with Gasteiger partial charge in [-0.05, 0) is 19.4 Å². The third kappa shape index (κ3) is 2.42. The Labute approximate surface area is 113 Å². The molecule has 0 saturated carbocycles. The summed E-state index contributed by atoms with van der Waals surface area (Å²) in [4.78, 5) is 23.5. The van der Waals surface area contributed by atoms with Crippen molar-refractivity contribution < 1.29 is 19.2 Å². The Morgan fingerprint density at radius 2 is 2.25 bits per heavy atom. The standard InChI is InChI=1S/C12H14FN3O4/c1-12(18)4-5-15(6-12)11(17)9-7(13)2-3-8(10(9)14)16(19)20/h2-3,18H,4-6,14H2,1H3. The Kier molecular flexibility index (Phi) is 3.34. The van der Waals surface area contributed by atoms with Crippen molar-refractivity contribution in [2.24, 2.45) is 0 Å². The third-order valence-electron chi connectivity index (χ3n) is 3.32. The predicted octanol–water partition coefficient (Wildman–Crippen LogP) is 0.913. The van der Waals surface area contributed by atoms with E-state index in [1.54, 1.807) is 6.92 Å². The number of nitro groups is 1. The summed E-state index contributed by atoms with van der Waals surface area (Å²) in [5, 5.41) is 20.6. The zero-order valence-electron chi connectivity index (χ0n) is 10.8. The van der Waals surface area contributed by atoms with Gasteiger partial charge in [0.25, 0.3) is 11.6 Å². The zero-order chi connectivity index (χ0) is 15.1. The van der Waals surface area contributed by atoms with E-state index in [-0.39, 0.29) is 13.1 Å². The lowest BCUT2D eigenvalue weighted by atomic mass is 10.1. The van der Waals surface area contributed by atoms with Gasteiger partial charge in [-0.3, -0.25) is 14.9 Å². The highest BCUT2D eigenvalue weighted by molar-refractivity contribution is 6.01. The number of nitro benzene ring substituents is 1. The van der Waals surface area contributed by atoms with Gasteiger partial charge < -0.3 is 15.7 Å². The summed E-state index contributed by atoms with van der Waals surface area (Å²) >= 11 is 0. The molecule has 1 unspecified atom stereocenters. The number of hydrogen-bond acceptors (Lipinski definition) is 5. The largest absolute Gasteiger partial charge is 0.392 e. The highest BCUT2D eigenvalue weighted by Gasteiger charge is 2.36. The first-order valence-electron chi connectivity index (χ1n) is 5.97. The quantitative estimate of drug-likeness (QED) is 0.476. The van der Waals surface area contributed by atoms with Crippen LogP contribution in [-0.4, -0.2) is 39.5 Å². The molecule has 1 aliphatic rings. The Balaban J connectivity index is 2.40. The molecule has 1 atom stereocenters. The Hall–Kier alpha value is -2.22. The van der Waals surface area contributed by atoms with E-state index in [0.717, 1.165) is 12.1 Å². The van der Waals surface area contributed by atoms with Gasteiger partial charge in [-0.15, -0.1) is 0 Å². The van der Waals surface area contributed by atoms with Crippen molar-refractivity contribution in [1.29, 1.82) is 0 Å². The molecule has 108 valence electrons. The van der Waals surface area contributed by atoms with Crippen molar-refractivity contribution in [1.82, 2.24) is 4.90 Å². The van der Waals surface area contributed by atoms with E-state index < -0.39 is 39.2 Å². The number of β-amino-alcohol motifs (C(OH)–C–C–N with tert-alkyl or cyclic N) is 1. The molecular weight excluding hydrogens is 269 g/mol. The van der Waals surface area contributed by atoms with Crippen LogP contribution in [0.4, 0.5) is 15.8 Å². The summed E-state index contributed by atoms with van der Waals surface area (Å²) in [6.45, 7) is 1.84. The second-order valence-electron chi connectivity index (χ2n) is 5.09. The van der Waals surface area contributed by atoms with Crippen LogP contribution in [-0.2, 0) is 0 Å². The predicted molar refractivity (Wildman–Crippen MR) is 68.6 cm³/mol. The minimum atomic E-state index is -1.04. The van der Waals surface area contributed by atoms with Crippen LogP contribution in [0.5, 0.6) is 0 Å². The number of carbonyl (C=O) groups is 1. The van der Waals surface area contributed by atoms with Crippen LogP contribution in [0.1, 0.15) is 23.7 Å². The number of aliphatic hydroxyl groups is 1. The molecule has 20 heavy (non-hydrogen) atoms. The molecule has 1 aromatic rings. The third-order valence-corrected chi connectivity index (χ3v) is 3.32. The summed E-state index contributed by atoms with van der Waals surface area (Å²) in [6, 6.07) is 1.76. The number of amides is 1. The van der Waals surface area contributed by atoms with Crippen molar-refractivity contribution >= 4 is 17.3 Å². The van der Waals surface area contributed by atoms with Gasteiger partial charge in [0, 0.05) is 19.2 Å². The van der Waals surface area contributed by atoms with Gasteiger partial charge in [0.15, 0.2) is 0 Å². The molecule has 1 fully saturated rings. The maximum absolute atomic E-state index is 13.8. The fourth-order valence-electron chi connectivity index (χ4n) is 2.24. The first kappa shape index (κ1) is 14.2. The Bertz CT molecular complexity index is 588. The molecule has 0 aromatic heterocycles. The highest BCUT2D eigenvalue weighted by Crippen LogP contribution is 2.30. The van der Waals surface area contributed by atoms with E-state index in [1.807, 2.05) is 0 Å². The molecule has 3 N–H and O–H groups in total. The molecule has 0 radical (unpaired) electrons. The fourth-order valence-corrected chi connectivity index (χ4v) is 2.24. The van der Waals surface area contributed by atoms with Crippen LogP contribution in [0.2, 0.25) is 0 Å². The van der Waals surface area contributed by atoms with Gasteiger partial charge in [0.05, 0.1) is 10.5 Å². The van der Waals surface area contributed by atoms with E-state index in [0.29, 0.717) is 6.42 Å². The normalized spacial score (nSPS) is 22.1. The second-order valence-corrected chi connectivity index (χ2v) is 5.09. The highest BCUT2D eigenvalue weighted by atomic mass is 19.1. The topological polar surface area (TPSA) is 110 Å². The summed E-state index contributed by atoms with van der Waals surface area (Å²) in [6.07, 6.45) is 0.356. The minimum absolute atomic E-state index is 0.0351. The monoisotopic (exact) mass is 283 g/mol. The number of hydrogen-bond donors (Lipinski definition) is 2. The number of nitrogens with zero attached hydrogens (tertiary/aromatic N) is 2. The Morgan fingerprint density at radius 3 is 2.75 bits per heavy atom. The molecule has 1 amide bonds. The average Bonchev–Trinajstić information content (AvgIpc) is 2.69. The van der Waals surface area contributed by atoms with Crippen molar-refractivity contribution in [3.05, 3.63) is 33.6 Å². The number of anilines is 1. The van der Waals surface area contributed by atoms with Crippen LogP contribution in [0.15, 0.2) is 12.1 Å². The van der Waals surface area contributed by atoms with Crippen molar-refractivity contribution in [3.63, 3.8) is 0 Å². The molecule has 0 aliphatic carbocycles. The average molecular weight is 283 g/mol. The number of benzene rings is 1. The van der Waals surface area contributed by atoms with Crippen LogP contribution in [0.25, 0.3) is 0 Å². The SMILES string of the molecule is CC1(O)CCN(C(=O)c2c(F)ccc([N+](=O)[O-])c2N)C1. The summed E-state index contributed by atoms with van der Waals surface area (Å²) < 4.78 is 13.8. The molecule has 0 bridgehead atoms. The lowest BCUT2D eigenvalue weighted by Crippen LogP contribution is -2.34. The maximum Gasteiger partial charge on any atom is 0.293 e. The molecular formula is C12H14FN3O4. The van der Waals surface area contributed by atoms with Gasteiger partial charge in [0.2, 0.25) is 0 Å². The minimum Gasteiger partial charge on any atom is -0.392 e. The fraction of sp³-hybridized carbons (Fsp3) is 0.417. The molecule has 1 aromatic carbocycles. The molecule has 7 nitrogen and oxygen atoms in total. The maximum atomic E-state index is 13.8. The summed E-state index contributed by atoms with van der Waals surface area (Å²) in [7, 11) is 0. The number of carbonyl (C=O) groups excluding carboxylic acids is 1. The van der Waals surface area contributed by atoms with E-state index in [1.165, 1.54) is 4.90 Å². The summed E-state index contributed by atoms with van der Waals surface area (Å²) in [5.74, 6) is -1.66. The first-order valence-corrected chi connectivity index (χ1v) is 5.97. The van der Waals surface area contributed by atoms with Crippen LogP contribution in [0.3, 0.4) is 0 Å². The van der Waals surface area contributed by atoms with Crippen LogP contribution in [0, 0.1) is 15.9 Å². The second kappa shape index (κ2) is 4.71. The van der Waals surface area contributed by atoms with Crippen molar-refractivity contribution in [3.8, 4) is 0 Å². The molecule has 1 aliphatic heterocycles. The Morgan fingerprint density at radius 1 is 1.60 bits per heavy atom. The lowest BCUT2D eigenvalue weighted by Gasteiger charge is -2.20. The summed E-state index contributed by atoms with van der Waals surface area (Å²) in [5.41, 5.74) is 2.97.